The third-order valence-corrected chi connectivity index (χ3v) is 46.6. The number of rotatable bonds is 16. The van der Waals surface area contributed by atoms with E-state index in [1.807, 2.05) is 55.4 Å². The molecule has 0 aromatic heterocycles. The molecule has 0 bridgehead atoms. The maximum atomic E-state index is 13.0. The topological polar surface area (TPSA) is 439 Å². The second-order valence-electron chi connectivity index (χ2n) is 55.1. The van der Waals surface area contributed by atoms with Gasteiger partial charge in [-0.2, -0.15) is 0 Å². The lowest BCUT2D eigenvalue weighted by atomic mass is 9.35. The van der Waals surface area contributed by atoms with E-state index in [-0.39, 0.29) is 219 Å². The number of allylic oxidation sites excluding steroid dienone is 12. The van der Waals surface area contributed by atoms with Crippen LogP contribution in [0.1, 0.15) is 376 Å². The van der Waals surface area contributed by atoms with Crippen molar-refractivity contribution in [3.8, 4) is 0 Å². The SMILES string of the molecule is CC(=O)O[C@H]1C[C@@]2(C)[C@@H](C[C@@H](O)[C@H]3[C@@]4(C)C[C@@H](N)[C@@H](O)[C@@H](C)[C@@H]4CC[C@@]32C)/C1=C(\CC=C(C)C)C(C)=O.CC(=O)O[C@H]1C[C@@]2(C)[C@@H](C[C@@H](O)[C@H]3[C@@]4(C)C[C@H](N)[C@@H](O)[C@@H](C)[C@@H]4CC[C@@]32C)/C1=C(\CC=C(C)C)C(C)=O.CC(=O)O[C@H]1C[C@@]2(C)[C@@H](C[C@@H](O)[C@H]3[C@@]4(C)[C@@H](N)C[C@@H](O)[C@@H](C)[C@@H]4CC[C@@]32C)/C1=C(\CC=C(C)C)C(C)=O.CC(=O)O[C@H]1C[C@@]2(C)[C@@H](C[C@@H](O)[C@H]3[C@@]4(C)[C@H](N)C[C@@H](O)[C@@H](C)[C@@H]4CC[C@@]32C)/C1=C(\CC=C(C)C)C(C)=O. The van der Waals surface area contributed by atoms with Gasteiger partial charge in [0.2, 0.25) is 0 Å². The van der Waals surface area contributed by atoms with Crippen molar-refractivity contribution in [2.24, 2.45) is 183 Å². The van der Waals surface area contributed by atoms with Crippen molar-refractivity contribution < 1.29 is 98.2 Å². The molecule has 0 aromatic carbocycles. The third kappa shape index (κ3) is 19.5. The van der Waals surface area contributed by atoms with Crippen molar-refractivity contribution in [1.29, 1.82) is 0 Å². The molecule has 16 saturated carbocycles. The average Bonchev–Trinajstić information content (AvgIpc) is 1.56. The molecule has 0 unspecified atom stereocenters. The molecule has 16 fully saturated rings. The molecule has 44 atom stereocenters. The van der Waals surface area contributed by atoms with E-state index in [4.69, 9.17) is 41.9 Å². The van der Waals surface area contributed by atoms with E-state index in [9.17, 15) is 79.2 Å². The van der Waals surface area contributed by atoms with Gasteiger partial charge in [-0.15, -0.1) is 0 Å². The number of esters is 4. The first kappa shape index (κ1) is 119. The van der Waals surface area contributed by atoms with E-state index in [1.165, 1.54) is 27.7 Å². The van der Waals surface area contributed by atoms with E-state index < -0.39 is 73.2 Å². The summed E-state index contributed by atoms with van der Waals surface area (Å²) in [5.74, 6) is -0.106. The Kier molecular flexibility index (Phi) is 34.5. The molecule has 0 radical (unpaired) electrons. The molecule has 16 N–H and O–H groups in total. The van der Waals surface area contributed by atoms with Crippen LogP contribution in [0, 0.1) is 160 Å². The van der Waals surface area contributed by atoms with Gasteiger partial charge in [0.1, 0.15) is 24.4 Å². The van der Waals surface area contributed by atoms with Gasteiger partial charge in [0.25, 0.3) is 0 Å². The highest BCUT2D eigenvalue weighted by atomic mass is 16.6. The number of aliphatic hydroxyl groups is 8. The average molecular weight is 2060 g/mol. The van der Waals surface area contributed by atoms with Crippen LogP contribution in [0.4, 0.5) is 0 Å². The number of carbonyl (C=O) groups is 8. The van der Waals surface area contributed by atoms with E-state index in [1.54, 1.807) is 27.7 Å². The summed E-state index contributed by atoms with van der Waals surface area (Å²) in [6.45, 7) is 64.4. The Hall–Kier alpha value is -6.00. The van der Waals surface area contributed by atoms with Crippen LogP contribution >= 0.6 is 0 Å². The summed E-state index contributed by atoms with van der Waals surface area (Å²) in [7, 11) is 0. The first-order valence-corrected chi connectivity index (χ1v) is 57.0. The van der Waals surface area contributed by atoms with Gasteiger partial charge in [-0.3, -0.25) is 38.4 Å². The van der Waals surface area contributed by atoms with Crippen LogP contribution in [0.5, 0.6) is 0 Å². The Morgan fingerprint density at radius 1 is 0.284 bits per heavy atom. The molecular formula is C124H196N4O20. The second kappa shape index (κ2) is 42.8. The maximum Gasteiger partial charge on any atom is 0.303 e. The van der Waals surface area contributed by atoms with E-state index in [0.29, 0.717) is 115 Å². The van der Waals surface area contributed by atoms with Gasteiger partial charge < -0.3 is 82.7 Å². The number of aliphatic hydroxyl groups excluding tert-OH is 8. The predicted octanol–water partition coefficient (Wildman–Crippen LogP) is 18.9. The van der Waals surface area contributed by atoms with Gasteiger partial charge in [0, 0.05) is 74.2 Å². The largest absolute Gasteiger partial charge is 0.458 e. The first-order valence-electron chi connectivity index (χ1n) is 57.0. The van der Waals surface area contributed by atoms with Crippen molar-refractivity contribution in [3.05, 3.63) is 91.2 Å². The monoisotopic (exact) mass is 2060 g/mol. The molecule has 0 amide bonds. The number of fused-ring (bicyclic) bond motifs is 20. The molecule has 832 valence electrons. The Morgan fingerprint density at radius 3 is 0.703 bits per heavy atom. The molecule has 16 rings (SSSR count). The highest BCUT2D eigenvalue weighted by Crippen LogP contribution is 2.81. The van der Waals surface area contributed by atoms with Crippen LogP contribution < -0.4 is 22.9 Å². The Morgan fingerprint density at radius 2 is 0.493 bits per heavy atom. The lowest BCUT2D eigenvalue weighted by Gasteiger charge is -2.70. The van der Waals surface area contributed by atoms with Gasteiger partial charge >= 0.3 is 23.9 Å². The van der Waals surface area contributed by atoms with Crippen molar-refractivity contribution in [3.63, 3.8) is 0 Å². The number of nitrogens with two attached hydrogens (primary N) is 4. The smallest absolute Gasteiger partial charge is 0.303 e. The number of Topliss-reactive ketones (excluding diaryl/α,β-unsaturated/α-hetero) is 4. The summed E-state index contributed by atoms with van der Waals surface area (Å²) in [6.07, 6.45) is 19.0. The van der Waals surface area contributed by atoms with Crippen LogP contribution in [0.3, 0.4) is 0 Å². The lowest BCUT2D eigenvalue weighted by Crippen LogP contribution is -2.70. The first-order chi connectivity index (χ1) is 68.3. The van der Waals surface area contributed by atoms with Crippen LogP contribution in [0.15, 0.2) is 91.2 Å². The minimum Gasteiger partial charge on any atom is -0.458 e. The number of ketones is 4. The maximum absolute atomic E-state index is 13.0. The molecule has 0 heterocycles. The minimum absolute atomic E-state index is 0.00320. The van der Waals surface area contributed by atoms with Crippen molar-refractivity contribution >= 4 is 47.0 Å². The fourth-order valence-electron chi connectivity index (χ4n) is 39.2. The zero-order valence-corrected chi connectivity index (χ0v) is 96.5. The van der Waals surface area contributed by atoms with Gasteiger partial charge in [-0.05, 0) is 419 Å². The highest BCUT2D eigenvalue weighted by Gasteiger charge is 2.78. The Labute approximate surface area is 886 Å². The molecule has 24 heteroatoms. The van der Waals surface area contributed by atoms with Gasteiger partial charge in [0.05, 0.1) is 48.8 Å². The van der Waals surface area contributed by atoms with Crippen LogP contribution in [-0.2, 0) is 57.3 Å². The molecule has 16 aliphatic rings. The van der Waals surface area contributed by atoms with Crippen LogP contribution in [0.2, 0.25) is 0 Å². The predicted molar refractivity (Wildman–Crippen MR) is 577 cm³/mol. The molecule has 0 aromatic rings. The normalized spacial score (nSPS) is 48.3. The lowest BCUT2D eigenvalue weighted by molar-refractivity contribution is -0.239. The quantitative estimate of drug-likeness (QED) is 0.0295. The molecule has 0 aliphatic heterocycles. The Bertz CT molecular complexity index is 5010. The van der Waals surface area contributed by atoms with E-state index >= 15 is 0 Å². The summed E-state index contributed by atoms with van der Waals surface area (Å²) >= 11 is 0. The molecule has 0 spiro atoms. The third-order valence-electron chi connectivity index (χ3n) is 46.6. The van der Waals surface area contributed by atoms with E-state index in [0.717, 1.165) is 118 Å². The fraction of sp³-hybridized carbons (Fsp3) is 0.806. The van der Waals surface area contributed by atoms with Crippen LogP contribution in [-0.4, -0.2) is 185 Å². The van der Waals surface area contributed by atoms with Crippen molar-refractivity contribution in [2.45, 2.75) is 473 Å². The van der Waals surface area contributed by atoms with Gasteiger partial charge in [0.15, 0.2) is 23.1 Å². The summed E-state index contributed by atoms with van der Waals surface area (Å²) in [5.41, 5.74) is 34.8. The molecule has 0 saturated heterocycles. The second-order valence-corrected chi connectivity index (χ2v) is 55.1. The van der Waals surface area contributed by atoms with Gasteiger partial charge in [-0.25, -0.2) is 0 Å². The number of hydrogen-bond acceptors (Lipinski definition) is 24. The molecule has 148 heavy (non-hydrogen) atoms. The summed E-state index contributed by atoms with van der Waals surface area (Å²) in [5, 5.41) is 91.0. The fourth-order valence-corrected chi connectivity index (χ4v) is 39.2. The molecule has 24 nitrogen and oxygen atoms in total. The van der Waals surface area contributed by atoms with E-state index in [2.05, 4.69) is 135 Å². The number of carbonyl (C=O) groups excluding carboxylic acids is 8. The standard InChI is InChI=1S/4C31H49NO5/c2*1-16(2)9-10-20(18(4)33)26-22-13-24(35)28-29(6)14-23(32)27(36)17(3)21(29)11-12-30(28,7)31(22,8)15-25(26)37-19(5)34;2*1-16(2)9-10-20(18(4)33)27-22-13-24(36)28-29(6,30(22,7)15-25(27)37-19(5)34)12-11-21-17(3)23(35)14-26(32)31(21,28)8/h2*9,17,21-25,27-28,35-36H,10-15,32H2,1-8H3;2*9,17,21-26,28,35-36H,10-15,32H2,1-8H3/b2*26-20-;2*27-20-/t17-,21-,22-,23+,24+,25-,27-,28-,29-,30-,31-;17-,21-,22-,23-,24+,25-,27-,28-,29-,30-,31-;17-,21-,22-,23+,24+,25-,26+,28+,29-,30-,31+;17-,21-,22-,23+,24+,25-,26-,28+,29-,30-,31+/m0000/s1. The number of hydrogen-bond donors (Lipinski definition) is 12. The number of ether oxygens (including phenoxy) is 4. The van der Waals surface area contributed by atoms with Gasteiger partial charge in [-0.1, -0.05) is 157 Å². The Balaban J connectivity index is 0.000000165. The highest BCUT2D eigenvalue weighted by molar-refractivity contribution is 5.97. The zero-order valence-electron chi connectivity index (χ0n) is 96.5. The molecular weight excluding hydrogens is 1870 g/mol. The van der Waals surface area contributed by atoms with Crippen molar-refractivity contribution in [2.75, 3.05) is 0 Å². The van der Waals surface area contributed by atoms with Crippen molar-refractivity contribution in [1.82, 2.24) is 0 Å². The molecule has 16 aliphatic carbocycles. The van der Waals surface area contributed by atoms with Crippen LogP contribution in [0.25, 0.3) is 0 Å². The zero-order chi connectivity index (χ0) is 111. The summed E-state index contributed by atoms with van der Waals surface area (Å²) in [4.78, 5) is 101. The minimum atomic E-state index is -0.591. The summed E-state index contributed by atoms with van der Waals surface area (Å²) < 4.78 is 23.8. The summed E-state index contributed by atoms with van der Waals surface area (Å²) in [6, 6.07) is -1.02.